The molecule has 34 heavy (non-hydrogen) atoms. The number of benzene rings is 1. The van der Waals surface area contributed by atoms with Crippen LogP contribution in [0, 0.1) is 0 Å². The number of piperazine rings is 1. The van der Waals surface area contributed by atoms with Crippen LogP contribution in [-0.2, 0) is 19.1 Å². The number of carbonyl (C=O) groups is 3. The van der Waals surface area contributed by atoms with Gasteiger partial charge in [0.1, 0.15) is 18.4 Å². The molecule has 0 saturated carbocycles. The number of esters is 1. The second kappa shape index (κ2) is 16.1. The molecule has 8 nitrogen and oxygen atoms in total. The Balaban J connectivity index is 1.79. The molecule has 0 spiro atoms. The number of methoxy groups -OCH3 is 1. The Morgan fingerprint density at radius 1 is 0.971 bits per heavy atom. The van der Waals surface area contributed by atoms with E-state index < -0.39 is 12.0 Å². The first-order chi connectivity index (χ1) is 16.6. The summed E-state index contributed by atoms with van der Waals surface area (Å²) in [6, 6.07) is 5.87. The maximum Gasteiger partial charge on any atom is 0.308 e. The average molecular weight is 477 g/mol. The lowest BCUT2D eigenvalue weighted by atomic mass is 10.1. The zero-order chi connectivity index (χ0) is 24.6. The van der Waals surface area contributed by atoms with Gasteiger partial charge in [0.05, 0.1) is 19.6 Å². The van der Waals surface area contributed by atoms with Gasteiger partial charge < -0.3 is 24.4 Å². The van der Waals surface area contributed by atoms with Crippen LogP contribution in [0.4, 0.5) is 0 Å². The van der Waals surface area contributed by atoms with Gasteiger partial charge in [0.25, 0.3) is 5.91 Å². The molecule has 0 aromatic heterocycles. The normalized spacial score (nSPS) is 15.6. The molecule has 0 radical (unpaired) electrons. The standard InChI is InChI=1S/C26H40N2O6/c1-3-4-5-6-7-8-9-10-17-34-24(29)20-23-25(30)27-15-16-28(23)26(31)21-11-13-22(14-12-21)33-19-18-32-2/h11-14,23H,3-10,15-20H2,1-2H3,(H,27,30). The predicted octanol–water partition coefficient (Wildman–Crippen LogP) is 3.73. The van der Waals surface area contributed by atoms with Gasteiger partial charge in [0.2, 0.25) is 5.91 Å². The van der Waals surface area contributed by atoms with Crippen molar-refractivity contribution in [2.24, 2.45) is 0 Å². The summed E-state index contributed by atoms with van der Waals surface area (Å²) in [5, 5.41) is 2.74. The third-order valence-electron chi connectivity index (χ3n) is 5.87. The van der Waals surface area contributed by atoms with Crippen LogP contribution in [0.15, 0.2) is 24.3 Å². The zero-order valence-electron chi connectivity index (χ0n) is 20.7. The van der Waals surface area contributed by atoms with Crippen LogP contribution in [0.1, 0.15) is 75.1 Å². The van der Waals surface area contributed by atoms with Crippen LogP contribution >= 0.6 is 0 Å². The van der Waals surface area contributed by atoms with Crippen molar-refractivity contribution in [3.63, 3.8) is 0 Å². The third-order valence-corrected chi connectivity index (χ3v) is 5.87. The molecule has 1 aromatic carbocycles. The van der Waals surface area contributed by atoms with Gasteiger partial charge >= 0.3 is 5.97 Å². The maximum absolute atomic E-state index is 13.1. The molecule has 0 bridgehead atoms. The van der Waals surface area contributed by atoms with Crippen LogP contribution < -0.4 is 10.1 Å². The van der Waals surface area contributed by atoms with Gasteiger partial charge in [-0.2, -0.15) is 0 Å². The number of rotatable bonds is 16. The zero-order valence-corrected chi connectivity index (χ0v) is 20.7. The summed E-state index contributed by atoms with van der Waals surface area (Å²) in [7, 11) is 1.60. The number of carbonyl (C=O) groups excluding carboxylic acids is 3. The van der Waals surface area contributed by atoms with E-state index in [1.807, 2.05) is 0 Å². The van der Waals surface area contributed by atoms with Crippen LogP contribution in [0.2, 0.25) is 0 Å². The lowest BCUT2D eigenvalue weighted by Gasteiger charge is -2.34. The van der Waals surface area contributed by atoms with Gasteiger partial charge in [-0.05, 0) is 30.7 Å². The van der Waals surface area contributed by atoms with E-state index in [4.69, 9.17) is 14.2 Å². The number of amides is 2. The quantitative estimate of drug-likeness (QED) is 0.289. The molecule has 1 aliphatic heterocycles. The van der Waals surface area contributed by atoms with Crippen molar-refractivity contribution >= 4 is 17.8 Å². The van der Waals surface area contributed by atoms with Gasteiger partial charge in [-0.15, -0.1) is 0 Å². The Morgan fingerprint density at radius 3 is 2.32 bits per heavy atom. The first-order valence-electron chi connectivity index (χ1n) is 12.5. The van der Waals surface area contributed by atoms with Crippen molar-refractivity contribution in [3.8, 4) is 5.75 Å². The minimum absolute atomic E-state index is 0.146. The van der Waals surface area contributed by atoms with E-state index in [1.165, 1.54) is 37.0 Å². The second-order valence-corrected chi connectivity index (χ2v) is 8.57. The first-order valence-corrected chi connectivity index (χ1v) is 12.5. The summed E-state index contributed by atoms with van der Waals surface area (Å²) >= 11 is 0. The smallest absolute Gasteiger partial charge is 0.308 e. The lowest BCUT2D eigenvalue weighted by Crippen LogP contribution is -2.57. The van der Waals surface area contributed by atoms with Gasteiger partial charge in [-0.1, -0.05) is 51.9 Å². The SMILES string of the molecule is CCCCCCCCCCOC(=O)CC1C(=O)NCCN1C(=O)c1ccc(OCCOC)cc1. The summed E-state index contributed by atoms with van der Waals surface area (Å²) in [5.41, 5.74) is 0.436. The molecule has 8 heteroatoms. The predicted molar refractivity (Wildman–Crippen MR) is 130 cm³/mol. The Kier molecular flexibility index (Phi) is 13.1. The Hall–Kier alpha value is -2.61. The van der Waals surface area contributed by atoms with Gasteiger partial charge in [-0.3, -0.25) is 14.4 Å². The van der Waals surface area contributed by atoms with Crippen molar-refractivity contribution in [1.82, 2.24) is 10.2 Å². The molecule has 1 aromatic rings. The van der Waals surface area contributed by atoms with E-state index in [9.17, 15) is 14.4 Å². The Morgan fingerprint density at radius 2 is 1.65 bits per heavy atom. The van der Waals surface area contributed by atoms with Gasteiger partial charge in [-0.25, -0.2) is 0 Å². The van der Waals surface area contributed by atoms with Crippen molar-refractivity contribution in [2.45, 2.75) is 70.8 Å². The number of hydrogen-bond donors (Lipinski definition) is 1. The summed E-state index contributed by atoms with van der Waals surface area (Å²) in [6.07, 6.45) is 9.14. The number of hydrogen-bond acceptors (Lipinski definition) is 6. The highest BCUT2D eigenvalue weighted by Crippen LogP contribution is 2.18. The topological polar surface area (TPSA) is 94.2 Å². The van der Waals surface area contributed by atoms with E-state index in [1.54, 1.807) is 31.4 Å². The van der Waals surface area contributed by atoms with E-state index in [0.717, 1.165) is 19.3 Å². The molecule has 1 aliphatic rings. The lowest BCUT2D eigenvalue weighted by molar-refractivity contribution is -0.147. The number of unbranched alkanes of at least 4 members (excludes halogenated alkanes) is 7. The van der Waals surface area contributed by atoms with Crippen molar-refractivity contribution in [3.05, 3.63) is 29.8 Å². The fraction of sp³-hybridized carbons (Fsp3) is 0.654. The van der Waals surface area contributed by atoms with E-state index >= 15 is 0 Å². The molecule has 1 heterocycles. The first kappa shape index (κ1) is 27.6. The summed E-state index contributed by atoms with van der Waals surface area (Å²) in [6.45, 7) is 4.14. The van der Waals surface area contributed by atoms with E-state index in [0.29, 0.717) is 44.2 Å². The summed E-state index contributed by atoms with van der Waals surface area (Å²) in [5.74, 6) is -0.446. The van der Waals surface area contributed by atoms with E-state index in [-0.39, 0.29) is 18.2 Å². The number of nitrogens with zero attached hydrogens (tertiary/aromatic N) is 1. The van der Waals surface area contributed by atoms with Crippen molar-refractivity contribution < 1.29 is 28.6 Å². The van der Waals surface area contributed by atoms with E-state index in [2.05, 4.69) is 12.2 Å². The molecule has 2 rings (SSSR count). The fourth-order valence-corrected chi connectivity index (χ4v) is 3.90. The Bertz CT molecular complexity index is 752. The second-order valence-electron chi connectivity index (χ2n) is 8.57. The van der Waals surface area contributed by atoms with Crippen LogP contribution in [0.25, 0.3) is 0 Å². The number of ether oxygens (including phenoxy) is 3. The maximum atomic E-state index is 13.1. The van der Waals surface area contributed by atoms with Crippen LogP contribution in [0.5, 0.6) is 5.75 Å². The molecular weight excluding hydrogens is 436 g/mol. The molecular formula is C26H40N2O6. The molecule has 1 N–H and O–H groups in total. The molecule has 1 unspecified atom stereocenters. The third kappa shape index (κ3) is 9.71. The highest BCUT2D eigenvalue weighted by Gasteiger charge is 2.35. The summed E-state index contributed by atoms with van der Waals surface area (Å²) < 4.78 is 15.8. The molecule has 2 amide bonds. The largest absolute Gasteiger partial charge is 0.491 e. The highest BCUT2D eigenvalue weighted by atomic mass is 16.5. The molecule has 1 fully saturated rings. The fourth-order valence-electron chi connectivity index (χ4n) is 3.90. The number of nitrogens with one attached hydrogen (secondary N) is 1. The van der Waals surface area contributed by atoms with Gasteiger partial charge in [0.15, 0.2) is 0 Å². The monoisotopic (exact) mass is 476 g/mol. The highest BCUT2D eigenvalue weighted by molar-refractivity contribution is 5.99. The molecule has 1 atom stereocenters. The minimum atomic E-state index is -0.870. The molecule has 0 aliphatic carbocycles. The molecule has 1 saturated heterocycles. The minimum Gasteiger partial charge on any atom is -0.491 e. The Labute approximate surface area is 203 Å². The molecule has 190 valence electrons. The van der Waals surface area contributed by atoms with Crippen molar-refractivity contribution in [2.75, 3.05) is 40.0 Å². The van der Waals surface area contributed by atoms with Crippen LogP contribution in [0.3, 0.4) is 0 Å². The summed E-state index contributed by atoms with van der Waals surface area (Å²) in [4.78, 5) is 39.4. The average Bonchev–Trinajstić information content (AvgIpc) is 2.84. The van der Waals surface area contributed by atoms with Crippen molar-refractivity contribution in [1.29, 1.82) is 0 Å². The van der Waals surface area contributed by atoms with Crippen LogP contribution in [-0.4, -0.2) is 68.7 Å². The van der Waals surface area contributed by atoms with Gasteiger partial charge in [0, 0.05) is 25.8 Å².